The summed E-state index contributed by atoms with van der Waals surface area (Å²) < 4.78 is 7.07. The van der Waals surface area contributed by atoms with Crippen molar-refractivity contribution in [3.05, 3.63) is 34.3 Å². The zero-order chi connectivity index (χ0) is 12.8. The van der Waals surface area contributed by atoms with Crippen LogP contribution in [0.5, 0.6) is 0 Å². The fraction of sp³-hybridized carbons (Fsp3) is 0.625. The molecule has 1 aliphatic heterocycles. The maximum absolute atomic E-state index is 5.92. The maximum Gasteiger partial charge on any atom is 0.0582 e. The molecule has 1 aliphatic rings. The van der Waals surface area contributed by atoms with Gasteiger partial charge in [-0.3, -0.25) is 0 Å². The molecule has 2 rings (SSSR count). The Morgan fingerprint density at radius 3 is 2.67 bits per heavy atom. The summed E-state index contributed by atoms with van der Waals surface area (Å²) in [6, 6.07) is 8.70. The van der Waals surface area contributed by atoms with Crippen LogP contribution in [0.15, 0.2) is 28.7 Å². The number of hydrogen-bond acceptors (Lipinski definition) is 1. The molecule has 1 saturated heterocycles. The van der Waals surface area contributed by atoms with Gasteiger partial charge in [0.2, 0.25) is 0 Å². The van der Waals surface area contributed by atoms with Gasteiger partial charge in [0.1, 0.15) is 0 Å². The molecule has 0 unspecified atom stereocenters. The lowest BCUT2D eigenvalue weighted by Crippen LogP contribution is -2.04. The molecule has 0 saturated carbocycles. The SMILES string of the molecule is CCCCCC[C@H]1C[C@@H](c2ccc(Br)cc2)CO1. The van der Waals surface area contributed by atoms with Gasteiger partial charge in [0.25, 0.3) is 0 Å². The Morgan fingerprint density at radius 2 is 1.94 bits per heavy atom. The number of rotatable bonds is 6. The first-order valence-electron chi connectivity index (χ1n) is 7.16. The van der Waals surface area contributed by atoms with E-state index in [9.17, 15) is 0 Å². The molecule has 1 fully saturated rings. The highest BCUT2D eigenvalue weighted by Gasteiger charge is 2.25. The van der Waals surface area contributed by atoms with Gasteiger partial charge in [-0.1, -0.05) is 60.7 Å². The van der Waals surface area contributed by atoms with Crippen LogP contribution >= 0.6 is 15.9 Å². The quantitative estimate of drug-likeness (QED) is 0.648. The molecular weight excluding hydrogens is 288 g/mol. The average Bonchev–Trinajstić information content (AvgIpc) is 2.84. The monoisotopic (exact) mass is 310 g/mol. The lowest BCUT2D eigenvalue weighted by molar-refractivity contribution is 0.100. The summed E-state index contributed by atoms with van der Waals surface area (Å²) in [7, 11) is 0. The normalized spacial score (nSPS) is 23.4. The molecule has 0 aromatic heterocycles. The van der Waals surface area contributed by atoms with Gasteiger partial charge in [-0.25, -0.2) is 0 Å². The first-order chi connectivity index (χ1) is 8.79. The fourth-order valence-corrected chi connectivity index (χ4v) is 2.94. The highest BCUT2D eigenvalue weighted by atomic mass is 79.9. The molecule has 100 valence electrons. The fourth-order valence-electron chi connectivity index (χ4n) is 2.67. The summed E-state index contributed by atoms with van der Waals surface area (Å²) in [6.45, 7) is 3.16. The first-order valence-corrected chi connectivity index (χ1v) is 7.96. The van der Waals surface area contributed by atoms with Gasteiger partial charge < -0.3 is 4.74 Å². The number of benzene rings is 1. The summed E-state index contributed by atoms with van der Waals surface area (Å²) in [5.41, 5.74) is 1.43. The van der Waals surface area contributed by atoms with Crippen molar-refractivity contribution < 1.29 is 4.74 Å². The summed E-state index contributed by atoms with van der Waals surface area (Å²) >= 11 is 3.48. The molecule has 1 nitrogen and oxygen atoms in total. The Morgan fingerprint density at radius 1 is 1.17 bits per heavy atom. The number of hydrogen-bond donors (Lipinski definition) is 0. The van der Waals surface area contributed by atoms with Crippen molar-refractivity contribution in [1.82, 2.24) is 0 Å². The Bertz CT molecular complexity index is 347. The van der Waals surface area contributed by atoms with Crippen LogP contribution in [-0.2, 0) is 4.74 Å². The van der Waals surface area contributed by atoms with E-state index in [1.807, 2.05) is 0 Å². The van der Waals surface area contributed by atoms with Crippen molar-refractivity contribution in [1.29, 1.82) is 0 Å². The number of halogens is 1. The smallest absolute Gasteiger partial charge is 0.0582 e. The minimum Gasteiger partial charge on any atom is -0.378 e. The molecule has 2 heteroatoms. The van der Waals surface area contributed by atoms with Crippen molar-refractivity contribution >= 4 is 15.9 Å². The zero-order valence-electron chi connectivity index (χ0n) is 11.2. The summed E-state index contributed by atoms with van der Waals surface area (Å²) in [4.78, 5) is 0. The van der Waals surface area contributed by atoms with E-state index in [0.29, 0.717) is 12.0 Å². The van der Waals surface area contributed by atoms with E-state index in [1.165, 1.54) is 44.1 Å². The third-order valence-electron chi connectivity index (χ3n) is 3.80. The van der Waals surface area contributed by atoms with Crippen LogP contribution < -0.4 is 0 Å². The van der Waals surface area contributed by atoms with E-state index >= 15 is 0 Å². The lowest BCUT2D eigenvalue weighted by Gasteiger charge is -2.09. The molecule has 0 bridgehead atoms. The Hall–Kier alpha value is -0.340. The van der Waals surface area contributed by atoms with Crippen molar-refractivity contribution in [3.8, 4) is 0 Å². The van der Waals surface area contributed by atoms with E-state index in [1.54, 1.807) is 0 Å². The van der Waals surface area contributed by atoms with Crippen LogP contribution in [0, 0.1) is 0 Å². The second-order valence-corrected chi connectivity index (χ2v) is 6.20. The predicted octanol–water partition coefficient (Wildman–Crippen LogP) is 5.29. The van der Waals surface area contributed by atoms with Gasteiger partial charge >= 0.3 is 0 Å². The lowest BCUT2D eigenvalue weighted by atomic mass is 9.95. The summed E-state index contributed by atoms with van der Waals surface area (Å²) in [6.07, 6.45) is 8.30. The van der Waals surface area contributed by atoms with Gasteiger partial charge in [-0.2, -0.15) is 0 Å². The third kappa shape index (κ3) is 4.10. The Balaban J connectivity index is 1.76. The zero-order valence-corrected chi connectivity index (χ0v) is 12.8. The minimum absolute atomic E-state index is 0.496. The average molecular weight is 311 g/mol. The molecule has 0 aliphatic carbocycles. The molecular formula is C16H23BrO. The second-order valence-electron chi connectivity index (χ2n) is 5.29. The Kier molecular flexibility index (Phi) is 5.71. The number of ether oxygens (including phenoxy) is 1. The molecule has 1 aromatic carbocycles. The van der Waals surface area contributed by atoms with Gasteiger partial charge in [0.15, 0.2) is 0 Å². The molecule has 2 atom stereocenters. The standard InChI is InChI=1S/C16H23BrO/c1-2-3-4-5-6-16-11-14(12-18-16)13-7-9-15(17)10-8-13/h7-10,14,16H,2-6,11-12H2,1H3/t14-,16+/m1/s1. The van der Waals surface area contributed by atoms with Crippen molar-refractivity contribution in [2.75, 3.05) is 6.61 Å². The molecule has 18 heavy (non-hydrogen) atoms. The van der Waals surface area contributed by atoms with E-state index in [4.69, 9.17) is 4.74 Å². The van der Waals surface area contributed by atoms with Crippen molar-refractivity contribution in [2.45, 2.75) is 57.5 Å². The third-order valence-corrected chi connectivity index (χ3v) is 4.33. The highest BCUT2D eigenvalue weighted by Crippen LogP contribution is 2.32. The minimum atomic E-state index is 0.496. The molecule has 0 N–H and O–H groups in total. The maximum atomic E-state index is 5.92. The van der Waals surface area contributed by atoms with E-state index in [2.05, 4.69) is 47.1 Å². The van der Waals surface area contributed by atoms with Crippen molar-refractivity contribution in [3.63, 3.8) is 0 Å². The van der Waals surface area contributed by atoms with E-state index < -0.39 is 0 Å². The van der Waals surface area contributed by atoms with E-state index in [-0.39, 0.29) is 0 Å². The topological polar surface area (TPSA) is 9.23 Å². The van der Waals surface area contributed by atoms with Crippen LogP contribution in [0.4, 0.5) is 0 Å². The second kappa shape index (κ2) is 7.30. The van der Waals surface area contributed by atoms with Gasteiger partial charge in [0, 0.05) is 10.4 Å². The van der Waals surface area contributed by atoms with Gasteiger partial charge in [-0.05, 0) is 30.5 Å². The molecule has 1 heterocycles. The van der Waals surface area contributed by atoms with Crippen LogP contribution in [0.3, 0.4) is 0 Å². The van der Waals surface area contributed by atoms with Gasteiger partial charge in [0.05, 0.1) is 12.7 Å². The van der Waals surface area contributed by atoms with Crippen molar-refractivity contribution in [2.24, 2.45) is 0 Å². The Labute approximate surface area is 119 Å². The summed E-state index contributed by atoms with van der Waals surface area (Å²) in [5, 5.41) is 0. The molecule has 0 spiro atoms. The molecule has 1 aromatic rings. The summed E-state index contributed by atoms with van der Waals surface area (Å²) in [5.74, 6) is 0.606. The predicted molar refractivity (Wildman–Crippen MR) is 80.0 cm³/mol. The van der Waals surface area contributed by atoms with Crippen LogP contribution in [0.25, 0.3) is 0 Å². The number of unbranched alkanes of at least 4 members (excludes halogenated alkanes) is 3. The van der Waals surface area contributed by atoms with Gasteiger partial charge in [-0.15, -0.1) is 0 Å². The largest absolute Gasteiger partial charge is 0.378 e. The van der Waals surface area contributed by atoms with Crippen LogP contribution in [0.1, 0.15) is 56.9 Å². The van der Waals surface area contributed by atoms with Crippen LogP contribution in [0.2, 0.25) is 0 Å². The highest BCUT2D eigenvalue weighted by molar-refractivity contribution is 9.10. The van der Waals surface area contributed by atoms with E-state index in [0.717, 1.165) is 11.1 Å². The van der Waals surface area contributed by atoms with Crippen LogP contribution in [-0.4, -0.2) is 12.7 Å². The first kappa shape index (κ1) is 14.1. The molecule has 0 amide bonds. The molecule has 0 radical (unpaired) electrons.